The second kappa shape index (κ2) is 5.84. The smallest absolute Gasteiger partial charge is 0.229 e. The Balaban J connectivity index is 1.94. The number of hydrogen-bond acceptors (Lipinski definition) is 5. The Hall–Kier alpha value is -1.88. The number of aromatic nitrogens is 2. The van der Waals surface area contributed by atoms with E-state index in [0.29, 0.717) is 18.3 Å². The van der Waals surface area contributed by atoms with E-state index in [1.807, 2.05) is 45.0 Å². The van der Waals surface area contributed by atoms with Crippen molar-refractivity contribution in [1.82, 2.24) is 10.1 Å². The topological polar surface area (TPSA) is 74.2 Å². The van der Waals surface area contributed by atoms with Gasteiger partial charge in [-0.1, -0.05) is 31.1 Å². The maximum Gasteiger partial charge on any atom is 0.229 e. The minimum Gasteiger partial charge on any atom is -0.485 e. The van der Waals surface area contributed by atoms with E-state index in [0.717, 1.165) is 11.3 Å². The van der Waals surface area contributed by atoms with Crippen molar-refractivity contribution in [2.24, 2.45) is 5.73 Å². The summed E-state index contributed by atoms with van der Waals surface area (Å²) in [7, 11) is 0. The van der Waals surface area contributed by atoms with Crippen molar-refractivity contribution in [2.75, 3.05) is 0 Å². The van der Waals surface area contributed by atoms with Crippen LogP contribution in [0.4, 0.5) is 0 Å². The SMILES string of the molecule is CC(C)c1nc(COc2ccc([C@@H](C)N)cc2)no1. The zero-order valence-electron chi connectivity index (χ0n) is 11.5. The molecule has 5 nitrogen and oxygen atoms in total. The highest BCUT2D eigenvalue weighted by molar-refractivity contribution is 5.28. The maximum absolute atomic E-state index is 5.79. The van der Waals surface area contributed by atoms with Gasteiger partial charge in [0, 0.05) is 12.0 Å². The van der Waals surface area contributed by atoms with Gasteiger partial charge in [0.1, 0.15) is 5.75 Å². The fourth-order valence-corrected chi connectivity index (χ4v) is 1.58. The van der Waals surface area contributed by atoms with E-state index < -0.39 is 0 Å². The first-order valence-electron chi connectivity index (χ1n) is 6.37. The van der Waals surface area contributed by atoms with E-state index in [9.17, 15) is 0 Å². The Morgan fingerprint density at radius 3 is 2.42 bits per heavy atom. The van der Waals surface area contributed by atoms with Crippen molar-refractivity contribution >= 4 is 0 Å². The van der Waals surface area contributed by atoms with Crippen LogP contribution in [0, 0.1) is 0 Å². The number of rotatable bonds is 5. The summed E-state index contributed by atoms with van der Waals surface area (Å²) in [6, 6.07) is 7.72. The molecule has 0 aliphatic rings. The molecule has 1 heterocycles. The van der Waals surface area contributed by atoms with Crippen LogP contribution in [0.25, 0.3) is 0 Å². The van der Waals surface area contributed by atoms with E-state index in [1.54, 1.807) is 0 Å². The molecule has 0 saturated carbocycles. The minimum absolute atomic E-state index is 0.0276. The van der Waals surface area contributed by atoms with Gasteiger partial charge in [0.2, 0.25) is 11.7 Å². The Kier molecular flexibility index (Phi) is 4.16. The van der Waals surface area contributed by atoms with Gasteiger partial charge in [-0.2, -0.15) is 4.98 Å². The molecule has 102 valence electrons. The molecular weight excluding hydrogens is 242 g/mol. The molecule has 2 N–H and O–H groups in total. The molecule has 0 fully saturated rings. The van der Waals surface area contributed by atoms with Crippen molar-refractivity contribution < 1.29 is 9.26 Å². The number of nitrogens with two attached hydrogens (primary N) is 1. The number of hydrogen-bond donors (Lipinski definition) is 1. The van der Waals surface area contributed by atoms with Crippen LogP contribution in [0.1, 0.15) is 50.0 Å². The second-order valence-electron chi connectivity index (χ2n) is 4.85. The summed E-state index contributed by atoms with van der Waals surface area (Å²) in [5.41, 5.74) is 6.86. The lowest BCUT2D eigenvalue weighted by Gasteiger charge is -2.07. The molecular formula is C14H19N3O2. The van der Waals surface area contributed by atoms with Gasteiger partial charge < -0.3 is 15.0 Å². The molecule has 2 rings (SSSR count). The highest BCUT2D eigenvalue weighted by Gasteiger charge is 2.10. The zero-order valence-corrected chi connectivity index (χ0v) is 11.5. The predicted molar refractivity (Wildman–Crippen MR) is 71.8 cm³/mol. The van der Waals surface area contributed by atoms with E-state index in [1.165, 1.54) is 0 Å². The molecule has 1 aromatic heterocycles. The summed E-state index contributed by atoms with van der Waals surface area (Å²) in [5.74, 6) is 2.18. The first-order chi connectivity index (χ1) is 9.06. The fourth-order valence-electron chi connectivity index (χ4n) is 1.58. The van der Waals surface area contributed by atoms with E-state index >= 15 is 0 Å². The largest absolute Gasteiger partial charge is 0.485 e. The number of nitrogens with zero attached hydrogens (tertiary/aromatic N) is 2. The predicted octanol–water partition coefficient (Wildman–Crippen LogP) is 2.79. The summed E-state index contributed by atoms with van der Waals surface area (Å²) in [6.07, 6.45) is 0. The normalized spacial score (nSPS) is 12.7. The summed E-state index contributed by atoms with van der Waals surface area (Å²) in [6.45, 7) is 6.26. The highest BCUT2D eigenvalue weighted by Crippen LogP contribution is 2.17. The lowest BCUT2D eigenvalue weighted by atomic mass is 10.1. The number of benzene rings is 1. The summed E-state index contributed by atoms with van der Waals surface area (Å²) >= 11 is 0. The average molecular weight is 261 g/mol. The Labute approximate surface area is 112 Å². The van der Waals surface area contributed by atoms with E-state index in [-0.39, 0.29) is 12.0 Å². The Morgan fingerprint density at radius 1 is 1.21 bits per heavy atom. The van der Waals surface area contributed by atoms with Crippen molar-refractivity contribution in [3.05, 3.63) is 41.5 Å². The van der Waals surface area contributed by atoms with Crippen LogP contribution < -0.4 is 10.5 Å². The Morgan fingerprint density at radius 2 is 1.89 bits per heavy atom. The van der Waals surface area contributed by atoms with Gasteiger partial charge in [0.25, 0.3) is 0 Å². The summed E-state index contributed by atoms with van der Waals surface area (Å²) in [5, 5.41) is 3.87. The van der Waals surface area contributed by atoms with E-state index in [2.05, 4.69) is 10.1 Å². The first-order valence-corrected chi connectivity index (χ1v) is 6.37. The van der Waals surface area contributed by atoms with Crippen molar-refractivity contribution in [2.45, 2.75) is 39.3 Å². The molecule has 0 spiro atoms. The molecule has 0 bridgehead atoms. The van der Waals surface area contributed by atoms with Crippen LogP contribution in [-0.2, 0) is 6.61 Å². The molecule has 0 radical (unpaired) electrons. The molecule has 0 aliphatic carbocycles. The third kappa shape index (κ3) is 3.54. The highest BCUT2D eigenvalue weighted by atomic mass is 16.5. The lowest BCUT2D eigenvalue weighted by molar-refractivity contribution is 0.284. The maximum atomic E-state index is 5.79. The first kappa shape index (κ1) is 13.5. The van der Waals surface area contributed by atoms with Crippen molar-refractivity contribution in [3.63, 3.8) is 0 Å². The van der Waals surface area contributed by atoms with Crippen LogP contribution >= 0.6 is 0 Å². The Bertz CT molecular complexity index is 518. The molecule has 1 atom stereocenters. The molecule has 0 aliphatic heterocycles. The molecule has 2 aromatic rings. The van der Waals surface area contributed by atoms with Crippen LogP contribution in [0.2, 0.25) is 0 Å². The lowest BCUT2D eigenvalue weighted by Crippen LogP contribution is -2.04. The van der Waals surface area contributed by atoms with Gasteiger partial charge in [-0.15, -0.1) is 0 Å². The van der Waals surface area contributed by atoms with Gasteiger partial charge in [-0.3, -0.25) is 0 Å². The third-order valence-corrected chi connectivity index (χ3v) is 2.75. The fraction of sp³-hybridized carbons (Fsp3) is 0.429. The molecule has 0 amide bonds. The van der Waals surface area contributed by atoms with Gasteiger partial charge in [0.05, 0.1) is 0 Å². The second-order valence-corrected chi connectivity index (χ2v) is 4.85. The van der Waals surface area contributed by atoms with Crippen LogP contribution in [-0.4, -0.2) is 10.1 Å². The minimum atomic E-state index is 0.0276. The average Bonchev–Trinajstić information content (AvgIpc) is 2.86. The third-order valence-electron chi connectivity index (χ3n) is 2.75. The van der Waals surface area contributed by atoms with E-state index in [4.69, 9.17) is 15.0 Å². The quantitative estimate of drug-likeness (QED) is 0.895. The van der Waals surface area contributed by atoms with Crippen LogP contribution in [0.5, 0.6) is 5.75 Å². The van der Waals surface area contributed by atoms with Crippen LogP contribution in [0.15, 0.2) is 28.8 Å². The van der Waals surface area contributed by atoms with Gasteiger partial charge in [0.15, 0.2) is 6.61 Å². The molecule has 0 unspecified atom stereocenters. The molecule has 19 heavy (non-hydrogen) atoms. The molecule has 1 aromatic carbocycles. The monoisotopic (exact) mass is 261 g/mol. The van der Waals surface area contributed by atoms with Crippen molar-refractivity contribution in [1.29, 1.82) is 0 Å². The van der Waals surface area contributed by atoms with Crippen molar-refractivity contribution in [3.8, 4) is 5.75 Å². The van der Waals surface area contributed by atoms with Gasteiger partial charge >= 0.3 is 0 Å². The van der Waals surface area contributed by atoms with Gasteiger partial charge in [-0.25, -0.2) is 0 Å². The zero-order chi connectivity index (χ0) is 13.8. The molecule has 5 heteroatoms. The molecule has 0 saturated heterocycles. The van der Waals surface area contributed by atoms with Gasteiger partial charge in [-0.05, 0) is 24.6 Å². The van der Waals surface area contributed by atoms with Crippen LogP contribution in [0.3, 0.4) is 0 Å². The number of ether oxygens (including phenoxy) is 1. The summed E-state index contributed by atoms with van der Waals surface area (Å²) < 4.78 is 10.7. The standard InChI is InChI=1S/C14H19N3O2/c1-9(2)14-16-13(17-19-14)8-18-12-6-4-11(5-7-12)10(3)15/h4-7,9-10H,8,15H2,1-3H3/t10-/m1/s1. The summed E-state index contributed by atoms with van der Waals surface area (Å²) in [4.78, 5) is 4.25.